The molecule has 0 amide bonds. The zero-order valence-corrected chi connectivity index (χ0v) is 25.5. The molecule has 2 saturated heterocycles. The van der Waals surface area contributed by atoms with Gasteiger partial charge >= 0.3 is 0 Å². The maximum absolute atomic E-state index is 17.1. The minimum atomic E-state index is -0.605. The van der Waals surface area contributed by atoms with E-state index in [0.29, 0.717) is 44.8 Å². The van der Waals surface area contributed by atoms with Crippen LogP contribution in [0.2, 0.25) is 0 Å². The van der Waals surface area contributed by atoms with E-state index in [-0.39, 0.29) is 40.0 Å². The second-order valence-corrected chi connectivity index (χ2v) is 12.9. The van der Waals surface area contributed by atoms with Crippen LogP contribution in [0, 0.1) is 36.8 Å². The predicted octanol–water partition coefficient (Wildman–Crippen LogP) is 5.69. The van der Waals surface area contributed by atoms with Gasteiger partial charge in [-0.3, -0.25) is 9.58 Å². The summed E-state index contributed by atoms with van der Waals surface area (Å²) < 4.78 is 39.1. The summed E-state index contributed by atoms with van der Waals surface area (Å²) in [4.78, 5) is 14.7. The van der Waals surface area contributed by atoms with Gasteiger partial charge in [-0.25, -0.2) is 18.7 Å². The molecule has 1 N–H and O–H groups in total. The summed E-state index contributed by atoms with van der Waals surface area (Å²) in [5.41, 5.74) is 0.930. The average molecular weight is 609 g/mol. The molecular weight excluding hydrogens is 574 g/mol. The average Bonchev–Trinajstić information content (AvgIpc) is 3.49. The Hall–Kier alpha value is -4.33. The maximum atomic E-state index is 17.1. The number of phenols is 1. The van der Waals surface area contributed by atoms with Crippen LogP contribution in [0.15, 0.2) is 30.5 Å². The summed E-state index contributed by atoms with van der Waals surface area (Å²) in [6.07, 6.45) is 12.1. The van der Waals surface area contributed by atoms with Gasteiger partial charge in [0.2, 0.25) is 0 Å². The summed E-state index contributed by atoms with van der Waals surface area (Å²) in [7, 11) is 3.55. The number of anilines is 1. The number of terminal acetylenes is 1. The van der Waals surface area contributed by atoms with Crippen LogP contribution >= 0.6 is 0 Å². The number of rotatable bonds is 5. The van der Waals surface area contributed by atoms with Gasteiger partial charge in [0.15, 0.2) is 5.82 Å². The summed E-state index contributed by atoms with van der Waals surface area (Å²) >= 11 is 0. The van der Waals surface area contributed by atoms with E-state index in [9.17, 15) is 9.50 Å². The van der Waals surface area contributed by atoms with Gasteiger partial charge in [-0.15, -0.1) is 6.42 Å². The molecule has 8 nitrogen and oxygen atoms in total. The molecule has 2 unspecified atom stereocenters. The number of aryl methyl sites for hydroxylation is 2. The second-order valence-electron chi connectivity index (χ2n) is 12.9. The molecule has 4 heterocycles. The Morgan fingerprint density at radius 3 is 2.51 bits per heavy atom. The Kier molecular flexibility index (Phi) is 6.48. The van der Waals surface area contributed by atoms with Gasteiger partial charge in [0, 0.05) is 74.5 Å². The van der Waals surface area contributed by atoms with Crippen LogP contribution in [-0.2, 0) is 11.8 Å². The molecule has 0 spiro atoms. The standard InChI is InChI=1S/C35H34F2N6O2/c1-5-25-28(36)9-6-20-12-24(44)13-26(29(20)25)30-32(37)34-31(27-16-41(3)40-33(27)30)35(39-18(2)38-34)43-21-7-8-22(43)15-42(14-21)23-10-19(11-23)17-45-4/h1,6,9,12-13,16,19,21-23,44H,7-8,10-11,14-15,17H2,2-4H3. The Morgan fingerprint density at radius 2 is 1.80 bits per heavy atom. The van der Waals surface area contributed by atoms with Gasteiger partial charge in [-0.2, -0.15) is 5.10 Å². The lowest BCUT2D eigenvalue weighted by Gasteiger charge is -2.49. The molecule has 5 aromatic rings. The molecule has 10 heteroatoms. The van der Waals surface area contributed by atoms with Crippen LogP contribution in [0.3, 0.4) is 0 Å². The van der Waals surface area contributed by atoms with Crippen LogP contribution in [-0.4, -0.2) is 74.7 Å². The number of halogens is 2. The minimum Gasteiger partial charge on any atom is -0.508 e. The lowest BCUT2D eigenvalue weighted by atomic mass is 9.79. The molecule has 3 fully saturated rings. The van der Waals surface area contributed by atoms with E-state index < -0.39 is 11.6 Å². The van der Waals surface area contributed by atoms with E-state index in [4.69, 9.17) is 21.2 Å². The van der Waals surface area contributed by atoms with Crippen LogP contribution in [0.5, 0.6) is 5.75 Å². The number of benzene rings is 3. The number of fused-ring (bicyclic) bond motifs is 6. The number of hydrogen-bond donors (Lipinski definition) is 1. The number of aromatic hydroxyl groups is 1. The number of aromatic nitrogens is 4. The Labute approximate surface area is 259 Å². The SMILES string of the molecule is C#Cc1c(F)ccc2cc(O)cc(-c3c(F)c4nc(C)nc(N5C6CCC5CN(C5CC(COC)C5)C6)c4c4cn(C)nc34)c12. The fourth-order valence-corrected chi connectivity index (χ4v) is 8.19. The summed E-state index contributed by atoms with van der Waals surface area (Å²) in [5, 5.41) is 17.6. The number of piperazine rings is 1. The first-order valence-corrected chi connectivity index (χ1v) is 15.5. The predicted molar refractivity (Wildman–Crippen MR) is 170 cm³/mol. The molecule has 1 aliphatic carbocycles. The van der Waals surface area contributed by atoms with Crippen LogP contribution < -0.4 is 4.90 Å². The molecule has 230 valence electrons. The highest BCUT2D eigenvalue weighted by atomic mass is 19.1. The van der Waals surface area contributed by atoms with Crippen molar-refractivity contribution in [1.82, 2.24) is 24.6 Å². The molecule has 2 aliphatic heterocycles. The Morgan fingerprint density at radius 1 is 1.04 bits per heavy atom. The lowest BCUT2D eigenvalue weighted by Crippen LogP contribution is -2.59. The summed E-state index contributed by atoms with van der Waals surface area (Å²) in [5.74, 6) is 2.97. The highest BCUT2D eigenvalue weighted by Gasteiger charge is 2.46. The highest BCUT2D eigenvalue weighted by molar-refractivity contribution is 6.18. The van der Waals surface area contributed by atoms with Crippen molar-refractivity contribution < 1.29 is 18.6 Å². The highest BCUT2D eigenvalue weighted by Crippen LogP contribution is 2.47. The second kappa shape index (κ2) is 10.4. The molecule has 2 atom stereocenters. The zero-order chi connectivity index (χ0) is 31.1. The van der Waals surface area contributed by atoms with E-state index in [0.717, 1.165) is 38.4 Å². The first kappa shape index (κ1) is 28.2. The third-order valence-electron chi connectivity index (χ3n) is 10.1. The third kappa shape index (κ3) is 4.28. The van der Waals surface area contributed by atoms with E-state index in [1.165, 1.54) is 37.1 Å². The number of likely N-dealkylation sites (tertiary alicyclic amines) is 1. The van der Waals surface area contributed by atoms with Crippen molar-refractivity contribution in [1.29, 1.82) is 0 Å². The summed E-state index contributed by atoms with van der Waals surface area (Å²) in [6.45, 7) is 4.49. The quantitative estimate of drug-likeness (QED) is 0.257. The lowest BCUT2D eigenvalue weighted by molar-refractivity contribution is 0.0199. The normalized spacial score (nSPS) is 23.2. The van der Waals surface area contributed by atoms with Gasteiger partial charge in [0.05, 0.1) is 10.9 Å². The van der Waals surface area contributed by atoms with Crippen molar-refractivity contribution in [3.05, 3.63) is 53.5 Å². The molecule has 45 heavy (non-hydrogen) atoms. The van der Waals surface area contributed by atoms with Crippen molar-refractivity contribution in [2.24, 2.45) is 13.0 Å². The third-order valence-corrected chi connectivity index (χ3v) is 10.1. The number of hydrogen-bond acceptors (Lipinski definition) is 7. The monoisotopic (exact) mass is 608 g/mol. The van der Waals surface area contributed by atoms with Crippen LogP contribution in [0.1, 0.15) is 37.1 Å². The van der Waals surface area contributed by atoms with Crippen LogP contribution in [0.4, 0.5) is 14.6 Å². The van der Waals surface area contributed by atoms with E-state index >= 15 is 4.39 Å². The summed E-state index contributed by atoms with van der Waals surface area (Å²) in [6, 6.07) is 6.81. The topological polar surface area (TPSA) is 79.5 Å². The van der Waals surface area contributed by atoms with E-state index in [2.05, 4.69) is 20.7 Å². The molecule has 2 bridgehead atoms. The fourth-order valence-electron chi connectivity index (χ4n) is 8.19. The largest absolute Gasteiger partial charge is 0.508 e. The molecular formula is C35H34F2N6O2. The van der Waals surface area contributed by atoms with Gasteiger partial charge in [0.1, 0.15) is 34.2 Å². The van der Waals surface area contributed by atoms with Crippen LogP contribution in [0.25, 0.3) is 43.7 Å². The van der Waals surface area contributed by atoms with Gasteiger partial charge < -0.3 is 14.7 Å². The first-order valence-electron chi connectivity index (χ1n) is 15.5. The Balaban J connectivity index is 1.31. The van der Waals surface area contributed by atoms with Crippen molar-refractivity contribution in [3.63, 3.8) is 0 Å². The maximum Gasteiger partial charge on any atom is 0.159 e. The van der Waals surface area contributed by atoms with Crippen molar-refractivity contribution in [2.45, 2.75) is 50.7 Å². The van der Waals surface area contributed by atoms with Crippen molar-refractivity contribution in [2.75, 3.05) is 31.7 Å². The minimum absolute atomic E-state index is 0.0000785. The van der Waals surface area contributed by atoms with Gasteiger partial charge in [0.25, 0.3) is 0 Å². The number of methoxy groups -OCH3 is 1. The first-order chi connectivity index (χ1) is 21.7. The fraction of sp³-hybridized carbons (Fsp3) is 0.400. The van der Waals surface area contributed by atoms with Gasteiger partial charge in [-0.1, -0.05) is 12.0 Å². The van der Waals surface area contributed by atoms with Crippen molar-refractivity contribution >= 4 is 38.4 Å². The van der Waals surface area contributed by atoms with Gasteiger partial charge in [-0.05, 0) is 67.7 Å². The van der Waals surface area contributed by atoms with E-state index in [1.807, 2.05) is 6.20 Å². The smallest absolute Gasteiger partial charge is 0.159 e. The van der Waals surface area contributed by atoms with E-state index in [1.54, 1.807) is 25.8 Å². The van der Waals surface area contributed by atoms with Crippen molar-refractivity contribution in [3.8, 4) is 29.2 Å². The molecule has 8 rings (SSSR count). The molecule has 2 aromatic heterocycles. The zero-order valence-electron chi connectivity index (χ0n) is 25.5. The molecule has 3 aliphatic rings. The molecule has 0 radical (unpaired) electrons. The Bertz CT molecular complexity index is 2050. The molecule has 3 aromatic carbocycles. The number of ether oxygens (including phenoxy) is 1. The number of nitrogens with zero attached hydrogens (tertiary/aromatic N) is 6. The number of phenolic OH excluding ortho intramolecular Hbond substituents is 1. The molecule has 1 saturated carbocycles.